The van der Waals surface area contributed by atoms with Crippen molar-refractivity contribution in [3.63, 3.8) is 0 Å². The van der Waals surface area contributed by atoms with Gasteiger partial charge in [0.15, 0.2) is 0 Å². The van der Waals surface area contributed by atoms with E-state index >= 15 is 0 Å². The minimum atomic E-state index is -0.771. The molecule has 0 aliphatic carbocycles. The first kappa shape index (κ1) is 26.2. The summed E-state index contributed by atoms with van der Waals surface area (Å²) in [6.07, 6.45) is 4.06. The van der Waals surface area contributed by atoms with Gasteiger partial charge in [-0.05, 0) is 44.1 Å². The summed E-state index contributed by atoms with van der Waals surface area (Å²) in [7, 11) is 0. The highest BCUT2D eigenvalue weighted by molar-refractivity contribution is 5.82. The van der Waals surface area contributed by atoms with E-state index in [2.05, 4.69) is 44.2 Å². The molecule has 5 heteroatoms. The monoisotopic (exact) mass is 394 g/mol. The number of hydrogen-bond donors (Lipinski definition) is 4. The molecule has 0 bridgehead atoms. The minimum Gasteiger partial charge on any atom is -0.512 e. The fourth-order valence-corrected chi connectivity index (χ4v) is 2.89. The average Bonchev–Trinajstić information content (AvgIpc) is 2.59. The van der Waals surface area contributed by atoms with Gasteiger partial charge in [-0.25, -0.2) is 0 Å². The van der Waals surface area contributed by atoms with E-state index in [1.165, 1.54) is 6.42 Å². The zero-order valence-corrected chi connectivity index (χ0v) is 18.8. The number of rotatable bonds is 14. The van der Waals surface area contributed by atoms with Crippen LogP contribution in [0.5, 0.6) is 0 Å². The Labute approximate surface area is 172 Å². The van der Waals surface area contributed by atoms with E-state index in [0.717, 1.165) is 25.0 Å². The van der Waals surface area contributed by atoms with Crippen molar-refractivity contribution in [1.29, 1.82) is 0 Å². The molecule has 0 aromatic rings. The van der Waals surface area contributed by atoms with Gasteiger partial charge in [0.1, 0.15) is 6.04 Å². The SMILES string of the molecule is C=C(CCCCC(C)C)N[C@@H](CO)C(=O)N[C@H](C(=C)C(C)(C)C(=C)O)C(C)C. The summed E-state index contributed by atoms with van der Waals surface area (Å²) >= 11 is 0. The molecular formula is C23H42N2O3. The van der Waals surface area contributed by atoms with Crippen molar-refractivity contribution in [2.24, 2.45) is 17.3 Å². The van der Waals surface area contributed by atoms with Crippen LogP contribution in [0.15, 0.2) is 36.8 Å². The molecule has 0 rings (SSSR count). The summed E-state index contributed by atoms with van der Waals surface area (Å²) in [6, 6.07) is -1.13. The van der Waals surface area contributed by atoms with Crippen molar-refractivity contribution in [1.82, 2.24) is 10.6 Å². The van der Waals surface area contributed by atoms with Crippen LogP contribution in [0.2, 0.25) is 0 Å². The van der Waals surface area contributed by atoms with Gasteiger partial charge in [-0.15, -0.1) is 0 Å². The second-order valence-corrected chi connectivity index (χ2v) is 8.95. The molecule has 0 aromatic heterocycles. The quantitative estimate of drug-likeness (QED) is 0.199. The Morgan fingerprint density at radius 1 is 1.04 bits per heavy atom. The van der Waals surface area contributed by atoms with Gasteiger partial charge in [0.25, 0.3) is 0 Å². The normalized spacial score (nSPS) is 13.9. The Hall–Kier alpha value is -1.75. The van der Waals surface area contributed by atoms with Crippen LogP contribution in [-0.2, 0) is 4.79 Å². The van der Waals surface area contributed by atoms with Gasteiger partial charge in [-0.2, -0.15) is 0 Å². The molecule has 0 unspecified atom stereocenters. The first-order valence-electron chi connectivity index (χ1n) is 10.3. The molecule has 0 aromatic carbocycles. The van der Waals surface area contributed by atoms with Crippen LogP contribution in [0.4, 0.5) is 0 Å². The summed E-state index contributed by atoms with van der Waals surface area (Å²) in [4.78, 5) is 12.7. The van der Waals surface area contributed by atoms with Crippen molar-refractivity contribution in [3.05, 3.63) is 36.8 Å². The first-order chi connectivity index (χ1) is 12.8. The molecule has 0 aliphatic rings. The fraction of sp³-hybridized carbons (Fsp3) is 0.696. The third-order valence-corrected chi connectivity index (χ3v) is 5.25. The van der Waals surface area contributed by atoms with Crippen LogP contribution < -0.4 is 10.6 Å². The molecule has 1 amide bonds. The van der Waals surface area contributed by atoms with Gasteiger partial charge in [-0.1, -0.05) is 60.3 Å². The van der Waals surface area contributed by atoms with E-state index in [4.69, 9.17) is 0 Å². The van der Waals surface area contributed by atoms with Crippen molar-refractivity contribution in [2.45, 2.75) is 79.3 Å². The smallest absolute Gasteiger partial charge is 0.245 e. The lowest BCUT2D eigenvalue weighted by Crippen LogP contribution is -2.52. The molecule has 28 heavy (non-hydrogen) atoms. The summed E-state index contributed by atoms with van der Waals surface area (Å²) in [5.41, 5.74) is 0.694. The number of carbonyl (C=O) groups excluding carboxylic acids is 1. The molecule has 0 aliphatic heterocycles. The van der Waals surface area contributed by atoms with E-state index in [0.29, 0.717) is 11.5 Å². The highest BCUT2D eigenvalue weighted by Gasteiger charge is 2.34. The summed E-state index contributed by atoms with van der Waals surface area (Å²) in [5.74, 6) is 0.431. The van der Waals surface area contributed by atoms with E-state index < -0.39 is 11.5 Å². The lowest BCUT2D eigenvalue weighted by atomic mass is 9.76. The van der Waals surface area contributed by atoms with Gasteiger partial charge in [0.05, 0.1) is 18.4 Å². The van der Waals surface area contributed by atoms with Crippen LogP contribution in [0, 0.1) is 17.3 Å². The Morgan fingerprint density at radius 2 is 1.61 bits per heavy atom. The summed E-state index contributed by atoms with van der Waals surface area (Å²) < 4.78 is 0. The molecule has 4 N–H and O–H groups in total. The molecule has 0 saturated heterocycles. The number of aliphatic hydroxyl groups is 2. The molecule has 5 nitrogen and oxygen atoms in total. The Bertz CT molecular complexity index is 550. The Kier molecular flexibility index (Phi) is 11.2. The molecule has 2 atom stereocenters. The maximum Gasteiger partial charge on any atom is 0.245 e. The first-order valence-corrected chi connectivity index (χ1v) is 10.3. The van der Waals surface area contributed by atoms with Crippen molar-refractivity contribution in [3.8, 4) is 0 Å². The van der Waals surface area contributed by atoms with Gasteiger partial charge >= 0.3 is 0 Å². The van der Waals surface area contributed by atoms with E-state index in [1.54, 1.807) is 0 Å². The van der Waals surface area contributed by atoms with Gasteiger partial charge in [-0.3, -0.25) is 4.79 Å². The highest BCUT2D eigenvalue weighted by atomic mass is 16.3. The summed E-state index contributed by atoms with van der Waals surface area (Å²) in [5, 5.41) is 25.6. The second-order valence-electron chi connectivity index (χ2n) is 8.95. The van der Waals surface area contributed by atoms with Crippen LogP contribution in [0.25, 0.3) is 0 Å². The zero-order valence-electron chi connectivity index (χ0n) is 18.8. The fourth-order valence-electron chi connectivity index (χ4n) is 2.89. The van der Waals surface area contributed by atoms with Crippen LogP contribution in [0.3, 0.4) is 0 Å². The number of unbranched alkanes of at least 4 members (excludes halogenated alkanes) is 1. The van der Waals surface area contributed by atoms with E-state index in [1.807, 2.05) is 27.7 Å². The predicted molar refractivity (Wildman–Crippen MR) is 118 cm³/mol. The number of allylic oxidation sites excluding steroid dienone is 2. The van der Waals surface area contributed by atoms with Crippen molar-refractivity contribution in [2.75, 3.05) is 6.61 Å². The maximum absolute atomic E-state index is 12.7. The third kappa shape index (κ3) is 8.51. The molecule has 0 spiro atoms. The number of nitrogens with one attached hydrogen (secondary N) is 2. The largest absolute Gasteiger partial charge is 0.512 e. The predicted octanol–water partition coefficient (Wildman–Crippen LogP) is 4.46. The Balaban J connectivity index is 4.92. The number of carbonyl (C=O) groups is 1. The lowest BCUT2D eigenvalue weighted by Gasteiger charge is -2.35. The molecular weight excluding hydrogens is 352 g/mol. The van der Waals surface area contributed by atoms with Gasteiger partial charge in [0.2, 0.25) is 5.91 Å². The second kappa shape index (κ2) is 11.9. The Morgan fingerprint density at radius 3 is 2.04 bits per heavy atom. The molecule has 0 radical (unpaired) electrons. The van der Waals surface area contributed by atoms with Crippen LogP contribution >= 0.6 is 0 Å². The topological polar surface area (TPSA) is 81.6 Å². The van der Waals surface area contributed by atoms with E-state index in [-0.39, 0.29) is 30.2 Å². The molecule has 0 saturated carbocycles. The summed E-state index contributed by atoms with van der Waals surface area (Å²) in [6.45, 7) is 23.4. The molecule has 162 valence electrons. The van der Waals surface area contributed by atoms with Gasteiger partial charge in [0, 0.05) is 11.1 Å². The standard InChI is InChI=1S/C23H42N2O3/c1-15(2)12-10-11-13-17(5)24-20(14-26)22(28)25-21(16(3)4)18(6)23(8,9)19(7)27/h15-16,20-21,24,26-27H,5-7,10-14H2,1-4,8-9H3,(H,25,28)/t20-,21-/m0/s1. The number of hydrogen-bond acceptors (Lipinski definition) is 4. The average molecular weight is 395 g/mol. The van der Waals surface area contributed by atoms with Crippen molar-refractivity contribution < 1.29 is 15.0 Å². The maximum atomic E-state index is 12.7. The molecule has 0 heterocycles. The van der Waals surface area contributed by atoms with E-state index in [9.17, 15) is 15.0 Å². The third-order valence-electron chi connectivity index (χ3n) is 5.25. The van der Waals surface area contributed by atoms with Crippen LogP contribution in [-0.4, -0.2) is 34.8 Å². The van der Waals surface area contributed by atoms with Crippen molar-refractivity contribution >= 4 is 5.91 Å². The lowest BCUT2D eigenvalue weighted by molar-refractivity contribution is -0.124. The van der Waals surface area contributed by atoms with Crippen LogP contribution in [0.1, 0.15) is 67.2 Å². The van der Waals surface area contributed by atoms with Gasteiger partial charge < -0.3 is 20.8 Å². The zero-order chi connectivity index (χ0) is 22.1. The number of amides is 1. The molecule has 0 fully saturated rings. The highest BCUT2D eigenvalue weighted by Crippen LogP contribution is 2.35. The minimum absolute atomic E-state index is 0.00371. The number of aliphatic hydroxyl groups excluding tert-OH is 2.